The van der Waals surface area contributed by atoms with E-state index in [2.05, 4.69) is 19.2 Å². The molecule has 1 aromatic carbocycles. The minimum Gasteiger partial charge on any atom is -0.491 e. The summed E-state index contributed by atoms with van der Waals surface area (Å²) in [6, 6.07) is 4.90. The Labute approximate surface area is 114 Å². The van der Waals surface area contributed by atoms with Crippen molar-refractivity contribution in [1.29, 1.82) is 0 Å². The van der Waals surface area contributed by atoms with E-state index in [1.54, 1.807) is 6.07 Å². The maximum absolute atomic E-state index is 13.9. The molecule has 0 radical (unpaired) electrons. The molecule has 0 amide bonds. The highest BCUT2D eigenvalue weighted by atomic mass is 19.1. The van der Waals surface area contributed by atoms with Gasteiger partial charge in [-0.3, -0.25) is 0 Å². The average Bonchev–Trinajstić information content (AvgIpc) is 2.38. The first-order valence-corrected chi connectivity index (χ1v) is 6.75. The highest BCUT2D eigenvalue weighted by Crippen LogP contribution is 2.30. The number of ether oxygens (including phenoxy) is 1. The van der Waals surface area contributed by atoms with Gasteiger partial charge in [-0.1, -0.05) is 19.9 Å². The molecule has 1 rings (SSSR count). The van der Waals surface area contributed by atoms with Crippen molar-refractivity contribution in [2.24, 2.45) is 11.8 Å². The van der Waals surface area contributed by atoms with Gasteiger partial charge in [-0.15, -0.1) is 0 Å². The molecule has 0 fully saturated rings. The maximum atomic E-state index is 13.9. The fraction of sp³-hybridized carbons (Fsp3) is 0.600. The Morgan fingerprint density at radius 2 is 2.05 bits per heavy atom. The fourth-order valence-corrected chi connectivity index (χ4v) is 2.31. The first-order valence-electron chi connectivity index (χ1n) is 6.75. The molecule has 2 atom stereocenters. The second-order valence-electron chi connectivity index (χ2n) is 4.98. The summed E-state index contributed by atoms with van der Waals surface area (Å²) in [5.41, 5.74) is 0.830. The molecule has 0 aromatic heterocycles. The van der Waals surface area contributed by atoms with Gasteiger partial charge in [0, 0.05) is 18.6 Å². The highest BCUT2D eigenvalue weighted by molar-refractivity contribution is 5.31. The Balaban J connectivity index is 3.02. The number of rotatable bonds is 7. The van der Waals surface area contributed by atoms with Crippen molar-refractivity contribution in [3.63, 3.8) is 0 Å². The van der Waals surface area contributed by atoms with Crippen LogP contribution in [-0.4, -0.2) is 25.4 Å². The molecule has 1 aromatic rings. The summed E-state index contributed by atoms with van der Waals surface area (Å²) < 4.78 is 19.1. The molecule has 108 valence electrons. The van der Waals surface area contributed by atoms with Gasteiger partial charge in [-0.05, 0) is 37.6 Å². The van der Waals surface area contributed by atoms with Crippen LogP contribution in [0.1, 0.15) is 32.4 Å². The molecular formula is C15H24FNO2. The third kappa shape index (κ3) is 3.91. The van der Waals surface area contributed by atoms with Crippen LogP contribution in [0.2, 0.25) is 0 Å². The van der Waals surface area contributed by atoms with Gasteiger partial charge >= 0.3 is 0 Å². The lowest BCUT2D eigenvalue weighted by Crippen LogP contribution is -2.31. The maximum Gasteiger partial charge on any atom is 0.165 e. The first kappa shape index (κ1) is 15.9. The molecule has 0 spiro atoms. The summed E-state index contributed by atoms with van der Waals surface area (Å²) in [6.07, 6.45) is 0. The second-order valence-corrected chi connectivity index (χ2v) is 4.98. The molecule has 0 aliphatic heterocycles. The zero-order valence-electron chi connectivity index (χ0n) is 12.1. The predicted molar refractivity (Wildman–Crippen MR) is 74.8 cm³/mol. The van der Waals surface area contributed by atoms with Crippen molar-refractivity contribution in [2.45, 2.75) is 26.8 Å². The molecule has 0 saturated carbocycles. The van der Waals surface area contributed by atoms with Crippen molar-refractivity contribution in [1.82, 2.24) is 5.32 Å². The molecule has 19 heavy (non-hydrogen) atoms. The van der Waals surface area contributed by atoms with E-state index >= 15 is 0 Å². The summed E-state index contributed by atoms with van der Waals surface area (Å²) in [7, 11) is 1.82. The third-order valence-electron chi connectivity index (χ3n) is 3.42. The first-order chi connectivity index (χ1) is 9.04. The van der Waals surface area contributed by atoms with Gasteiger partial charge in [0.15, 0.2) is 11.6 Å². The van der Waals surface area contributed by atoms with Crippen LogP contribution in [0.25, 0.3) is 0 Å². The molecule has 4 heteroatoms. The molecule has 3 nitrogen and oxygen atoms in total. The van der Waals surface area contributed by atoms with E-state index in [9.17, 15) is 9.50 Å². The van der Waals surface area contributed by atoms with Gasteiger partial charge in [0.2, 0.25) is 0 Å². The number of aliphatic hydroxyl groups is 1. The lowest BCUT2D eigenvalue weighted by molar-refractivity contribution is 0.154. The third-order valence-corrected chi connectivity index (χ3v) is 3.42. The Morgan fingerprint density at radius 3 is 2.47 bits per heavy atom. The number of hydrogen-bond donors (Lipinski definition) is 2. The highest BCUT2D eigenvalue weighted by Gasteiger charge is 2.24. The number of benzene rings is 1. The van der Waals surface area contributed by atoms with Gasteiger partial charge in [0.25, 0.3) is 0 Å². The van der Waals surface area contributed by atoms with Gasteiger partial charge in [-0.25, -0.2) is 4.39 Å². The zero-order chi connectivity index (χ0) is 14.4. The number of nitrogens with one attached hydrogen (secondary N) is 1. The van der Waals surface area contributed by atoms with E-state index in [1.165, 1.54) is 6.07 Å². The van der Waals surface area contributed by atoms with E-state index in [4.69, 9.17) is 4.74 Å². The molecule has 0 aliphatic carbocycles. The smallest absolute Gasteiger partial charge is 0.165 e. The lowest BCUT2D eigenvalue weighted by Gasteiger charge is -2.29. The normalized spacial score (nSPS) is 14.5. The van der Waals surface area contributed by atoms with Gasteiger partial charge < -0.3 is 15.2 Å². The van der Waals surface area contributed by atoms with Crippen molar-refractivity contribution < 1.29 is 14.2 Å². The van der Waals surface area contributed by atoms with Crippen LogP contribution in [0, 0.1) is 17.7 Å². The summed E-state index contributed by atoms with van der Waals surface area (Å²) >= 11 is 0. The molecule has 0 aliphatic rings. The summed E-state index contributed by atoms with van der Waals surface area (Å²) in [6.45, 7) is 6.44. The SMILES string of the molecule is CCOc1ccc(C(NC)C(CO)C(C)C)cc1F. The van der Waals surface area contributed by atoms with Crippen molar-refractivity contribution >= 4 is 0 Å². The van der Waals surface area contributed by atoms with E-state index in [-0.39, 0.29) is 30.1 Å². The number of aliphatic hydroxyl groups excluding tert-OH is 1. The van der Waals surface area contributed by atoms with Crippen LogP contribution in [0.5, 0.6) is 5.75 Å². The molecule has 2 unspecified atom stereocenters. The average molecular weight is 269 g/mol. The van der Waals surface area contributed by atoms with Crippen LogP contribution < -0.4 is 10.1 Å². The minimum absolute atomic E-state index is 0.0438. The number of hydrogen-bond acceptors (Lipinski definition) is 3. The van der Waals surface area contributed by atoms with Crippen molar-refractivity contribution in [3.8, 4) is 5.75 Å². The molecular weight excluding hydrogens is 245 g/mol. The molecule has 0 saturated heterocycles. The predicted octanol–water partition coefficient (Wildman–Crippen LogP) is 2.75. The Hall–Kier alpha value is -1.13. The topological polar surface area (TPSA) is 41.5 Å². The van der Waals surface area contributed by atoms with E-state index in [0.29, 0.717) is 12.5 Å². The summed E-state index contributed by atoms with van der Waals surface area (Å²) in [4.78, 5) is 0. The molecule has 0 bridgehead atoms. The Kier molecular flexibility index (Phi) is 6.25. The van der Waals surface area contributed by atoms with Crippen LogP contribution in [0.4, 0.5) is 4.39 Å². The van der Waals surface area contributed by atoms with E-state index < -0.39 is 0 Å². The monoisotopic (exact) mass is 269 g/mol. The standard InChI is InChI=1S/C15H24FNO2/c1-5-19-14-7-6-11(8-13(14)16)15(17-4)12(9-18)10(2)3/h6-8,10,12,15,17-18H,5,9H2,1-4H3. The second kappa shape index (κ2) is 7.46. The minimum atomic E-state index is -0.361. The molecule has 0 heterocycles. The van der Waals surface area contributed by atoms with Crippen LogP contribution >= 0.6 is 0 Å². The summed E-state index contributed by atoms with van der Waals surface area (Å²) in [5.74, 6) is 0.255. The van der Waals surface area contributed by atoms with Gasteiger partial charge in [0.05, 0.1) is 6.61 Å². The van der Waals surface area contributed by atoms with Crippen LogP contribution in [-0.2, 0) is 0 Å². The zero-order valence-corrected chi connectivity index (χ0v) is 12.1. The van der Waals surface area contributed by atoms with Crippen molar-refractivity contribution in [2.75, 3.05) is 20.3 Å². The van der Waals surface area contributed by atoms with Gasteiger partial charge in [0.1, 0.15) is 0 Å². The van der Waals surface area contributed by atoms with Gasteiger partial charge in [-0.2, -0.15) is 0 Å². The van der Waals surface area contributed by atoms with E-state index in [0.717, 1.165) is 5.56 Å². The lowest BCUT2D eigenvalue weighted by atomic mass is 9.85. The van der Waals surface area contributed by atoms with Crippen LogP contribution in [0.15, 0.2) is 18.2 Å². The van der Waals surface area contributed by atoms with E-state index in [1.807, 2.05) is 20.0 Å². The fourth-order valence-electron chi connectivity index (χ4n) is 2.31. The quantitative estimate of drug-likeness (QED) is 0.799. The Bertz CT molecular complexity index is 396. The Morgan fingerprint density at radius 1 is 1.37 bits per heavy atom. The van der Waals surface area contributed by atoms with Crippen LogP contribution in [0.3, 0.4) is 0 Å². The summed E-state index contributed by atoms with van der Waals surface area (Å²) in [5, 5.41) is 12.7. The largest absolute Gasteiger partial charge is 0.491 e. The number of halogens is 1. The molecule has 2 N–H and O–H groups in total. The van der Waals surface area contributed by atoms with Crippen molar-refractivity contribution in [3.05, 3.63) is 29.6 Å².